The second-order valence-electron chi connectivity index (χ2n) is 6.04. The third-order valence-electron chi connectivity index (χ3n) is 4.15. The molecule has 0 aliphatic carbocycles. The van der Waals surface area contributed by atoms with E-state index < -0.39 is 0 Å². The Balaban J connectivity index is 1.84. The number of unbranched alkanes of at least 4 members (excludes halogenated alkanes) is 1. The summed E-state index contributed by atoms with van der Waals surface area (Å²) in [7, 11) is 1.79. The van der Waals surface area contributed by atoms with Crippen LogP contribution in [0.1, 0.15) is 41.5 Å². The quantitative estimate of drug-likeness (QED) is 0.775. The van der Waals surface area contributed by atoms with E-state index in [9.17, 15) is 4.79 Å². The van der Waals surface area contributed by atoms with Gasteiger partial charge in [0.15, 0.2) is 0 Å². The van der Waals surface area contributed by atoms with Gasteiger partial charge >= 0.3 is 0 Å². The molecule has 0 radical (unpaired) electrons. The number of nitrogens with one attached hydrogen (secondary N) is 1. The largest absolute Gasteiger partial charge is 0.319 e. The molecule has 2 heterocycles. The van der Waals surface area contributed by atoms with Crippen molar-refractivity contribution in [2.24, 2.45) is 7.05 Å². The molecule has 1 amide bonds. The minimum atomic E-state index is -0.169. The summed E-state index contributed by atoms with van der Waals surface area (Å²) in [5.41, 5.74) is 4.19. The second kappa shape index (κ2) is 6.83. The second-order valence-corrected chi connectivity index (χ2v) is 6.04. The topological polar surface area (TPSA) is 59.8 Å². The monoisotopic (exact) mass is 322 g/mol. The number of hydrogen-bond donors (Lipinski definition) is 1. The molecule has 0 saturated heterocycles. The summed E-state index contributed by atoms with van der Waals surface area (Å²) in [6, 6.07) is 9.73. The van der Waals surface area contributed by atoms with Gasteiger partial charge in [-0.1, -0.05) is 25.5 Å². The Kier molecular flexibility index (Phi) is 4.60. The fraction of sp³-hybridized carbons (Fsp3) is 0.316. The SMILES string of the molecule is CCCCc1ccc(NC(=O)c2c3c(C)cccc3nn2C)cn1. The minimum absolute atomic E-state index is 0.169. The van der Waals surface area contributed by atoms with Gasteiger partial charge in [-0.25, -0.2) is 0 Å². The van der Waals surface area contributed by atoms with Crippen molar-refractivity contribution in [2.75, 3.05) is 5.32 Å². The van der Waals surface area contributed by atoms with Crippen molar-refractivity contribution in [2.45, 2.75) is 33.1 Å². The molecular formula is C19H22N4O. The molecular weight excluding hydrogens is 300 g/mol. The highest BCUT2D eigenvalue weighted by Crippen LogP contribution is 2.22. The van der Waals surface area contributed by atoms with Crippen LogP contribution in [0.3, 0.4) is 0 Å². The van der Waals surface area contributed by atoms with Crippen LogP contribution >= 0.6 is 0 Å². The Bertz CT molecular complexity index is 865. The van der Waals surface area contributed by atoms with Crippen molar-refractivity contribution in [1.29, 1.82) is 0 Å². The van der Waals surface area contributed by atoms with Gasteiger partial charge in [0.05, 0.1) is 17.4 Å². The number of carbonyl (C=O) groups excluding carboxylic acids is 1. The van der Waals surface area contributed by atoms with E-state index >= 15 is 0 Å². The van der Waals surface area contributed by atoms with Gasteiger partial charge in [-0.2, -0.15) is 5.10 Å². The standard InChI is InChI=1S/C19H22N4O/c1-4-5-8-14-10-11-15(12-20-14)21-19(24)18-17-13(2)7-6-9-16(17)22-23(18)3/h6-7,9-12H,4-5,8H2,1-3H3,(H,21,24). The van der Waals surface area contributed by atoms with Gasteiger partial charge in [0.25, 0.3) is 5.91 Å². The third-order valence-corrected chi connectivity index (χ3v) is 4.15. The molecule has 0 unspecified atom stereocenters. The third kappa shape index (κ3) is 3.15. The number of hydrogen-bond acceptors (Lipinski definition) is 3. The van der Waals surface area contributed by atoms with Gasteiger partial charge in [-0.3, -0.25) is 14.5 Å². The molecule has 5 nitrogen and oxygen atoms in total. The van der Waals surface area contributed by atoms with Crippen LogP contribution in [0, 0.1) is 6.92 Å². The average molecular weight is 322 g/mol. The van der Waals surface area contributed by atoms with Crippen LogP contribution in [0.5, 0.6) is 0 Å². The summed E-state index contributed by atoms with van der Waals surface area (Å²) in [6.07, 6.45) is 4.96. The molecule has 0 atom stereocenters. The average Bonchev–Trinajstić information content (AvgIpc) is 2.91. The minimum Gasteiger partial charge on any atom is -0.319 e. The summed E-state index contributed by atoms with van der Waals surface area (Å²) in [5.74, 6) is -0.169. The number of aromatic nitrogens is 3. The normalized spacial score (nSPS) is 11.0. The molecule has 24 heavy (non-hydrogen) atoms. The molecule has 0 spiro atoms. The lowest BCUT2D eigenvalue weighted by Gasteiger charge is -2.07. The number of fused-ring (bicyclic) bond motifs is 1. The Morgan fingerprint density at radius 2 is 2.08 bits per heavy atom. The molecule has 3 rings (SSSR count). The molecule has 0 aliphatic heterocycles. The van der Waals surface area contributed by atoms with E-state index in [1.165, 1.54) is 0 Å². The number of aryl methyl sites for hydroxylation is 3. The van der Waals surface area contributed by atoms with Crippen molar-refractivity contribution in [3.63, 3.8) is 0 Å². The van der Waals surface area contributed by atoms with Crippen LogP contribution in [0.15, 0.2) is 36.5 Å². The van der Waals surface area contributed by atoms with Gasteiger partial charge in [0.1, 0.15) is 5.69 Å². The smallest absolute Gasteiger partial charge is 0.274 e. The van der Waals surface area contributed by atoms with Crippen LogP contribution in [0.2, 0.25) is 0 Å². The van der Waals surface area contributed by atoms with Crippen LogP contribution in [0.25, 0.3) is 10.9 Å². The maximum absolute atomic E-state index is 12.7. The lowest BCUT2D eigenvalue weighted by Crippen LogP contribution is -2.16. The Morgan fingerprint density at radius 3 is 2.79 bits per heavy atom. The number of rotatable bonds is 5. The summed E-state index contributed by atoms with van der Waals surface area (Å²) in [5, 5.41) is 8.24. The lowest BCUT2D eigenvalue weighted by atomic mass is 10.1. The predicted molar refractivity (Wildman–Crippen MR) is 96.3 cm³/mol. The number of nitrogens with zero attached hydrogens (tertiary/aromatic N) is 3. The molecule has 2 aromatic heterocycles. The summed E-state index contributed by atoms with van der Waals surface area (Å²) in [4.78, 5) is 17.1. The van der Waals surface area contributed by atoms with Gasteiger partial charge in [-0.05, 0) is 43.5 Å². The lowest BCUT2D eigenvalue weighted by molar-refractivity contribution is 0.101. The molecule has 1 aromatic carbocycles. The van der Waals surface area contributed by atoms with Gasteiger partial charge in [0.2, 0.25) is 0 Å². The van der Waals surface area contributed by atoms with Crippen LogP contribution in [-0.4, -0.2) is 20.7 Å². The fourth-order valence-electron chi connectivity index (χ4n) is 2.87. The van der Waals surface area contributed by atoms with E-state index in [0.29, 0.717) is 11.4 Å². The van der Waals surface area contributed by atoms with E-state index in [-0.39, 0.29) is 5.91 Å². The van der Waals surface area contributed by atoms with Crippen molar-refractivity contribution in [1.82, 2.24) is 14.8 Å². The Hall–Kier alpha value is -2.69. The molecule has 5 heteroatoms. The summed E-state index contributed by atoms with van der Waals surface area (Å²) >= 11 is 0. The highest BCUT2D eigenvalue weighted by molar-refractivity contribution is 6.12. The number of anilines is 1. The number of amides is 1. The van der Waals surface area contributed by atoms with Crippen LogP contribution in [0.4, 0.5) is 5.69 Å². The number of pyridine rings is 1. The first kappa shape index (κ1) is 16.2. The van der Waals surface area contributed by atoms with E-state index in [2.05, 4.69) is 22.3 Å². The summed E-state index contributed by atoms with van der Waals surface area (Å²) < 4.78 is 1.63. The van der Waals surface area contributed by atoms with E-state index in [4.69, 9.17) is 0 Å². The zero-order valence-corrected chi connectivity index (χ0v) is 14.3. The fourth-order valence-corrected chi connectivity index (χ4v) is 2.87. The zero-order chi connectivity index (χ0) is 17.1. The van der Waals surface area contributed by atoms with E-state index in [1.54, 1.807) is 17.9 Å². The highest BCUT2D eigenvalue weighted by atomic mass is 16.2. The Labute approximate surface area is 141 Å². The van der Waals surface area contributed by atoms with Gasteiger partial charge in [0, 0.05) is 18.1 Å². The highest BCUT2D eigenvalue weighted by Gasteiger charge is 2.18. The van der Waals surface area contributed by atoms with Crippen molar-refractivity contribution in [3.05, 3.63) is 53.5 Å². The first-order valence-corrected chi connectivity index (χ1v) is 8.28. The summed E-state index contributed by atoms with van der Waals surface area (Å²) in [6.45, 7) is 4.15. The number of carbonyl (C=O) groups is 1. The van der Waals surface area contributed by atoms with Gasteiger partial charge in [-0.15, -0.1) is 0 Å². The zero-order valence-electron chi connectivity index (χ0n) is 14.3. The van der Waals surface area contributed by atoms with Crippen LogP contribution in [-0.2, 0) is 13.5 Å². The first-order valence-electron chi connectivity index (χ1n) is 8.28. The maximum Gasteiger partial charge on any atom is 0.274 e. The first-order chi connectivity index (χ1) is 11.6. The van der Waals surface area contributed by atoms with E-state index in [0.717, 1.165) is 41.4 Å². The molecule has 124 valence electrons. The van der Waals surface area contributed by atoms with Crippen molar-refractivity contribution < 1.29 is 4.79 Å². The molecule has 0 bridgehead atoms. The predicted octanol–water partition coefficient (Wildman–Crippen LogP) is 3.87. The molecule has 3 aromatic rings. The van der Waals surface area contributed by atoms with Gasteiger partial charge < -0.3 is 5.32 Å². The van der Waals surface area contributed by atoms with E-state index in [1.807, 2.05) is 37.3 Å². The number of benzene rings is 1. The molecule has 0 aliphatic rings. The molecule has 0 saturated carbocycles. The van der Waals surface area contributed by atoms with Crippen molar-refractivity contribution in [3.8, 4) is 0 Å². The molecule has 1 N–H and O–H groups in total. The maximum atomic E-state index is 12.7. The van der Waals surface area contributed by atoms with Crippen molar-refractivity contribution >= 4 is 22.5 Å². The van der Waals surface area contributed by atoms with Crippen LogP contribution < -0.4 is 5.32 Å². The Morgan fingerprint density at radius 1 is 1.25 bits per heavy atom. The molecule has 0 fully saturated rings.